The summed E-state index contributed by atoms with van der Waals surface area (Å²) in [5.74, 6) is 0.873. The molecule has 16 heavy (non-hydrogen) atoms. The zero-order valence-electron chi connectivity index (χ0n) is 8.76. The number of rotatable bonds is 7. The maximum Gasteiger partial charge on any atom is 0.328 e. The molecule has 5 heteroatoms. The lowest BCUT2D eigenvalue weighted by Gasteiger charge is -1.99. The monoisotopic (exact) mass is 258 g/mol. The average Bonchev–Trinajstić information content (AvgIpc) is 2.69. The summed E-state index contributed by atoms with van der Waals surface area (Å²) in [6.45, 7) is 0.225. The molecule has 0 radical (unpaired) electrons. The molecule has 0 aliphatic heterocycles. The zero-order chi connectivity index (χ0) is 11.8. The average molecular weight is 258 g/mol. The molecule has 0 aliphatic rings. The van der Waals surface area contributed by atoms with E-state index in [4.69, 9.17) is 10.2 Å². The molecule has 1 aromatic heterocycles. The Labute approximate surface area is 103 Å². The molecule has 0 spiro atoms. The van der Waals surface area contributed by atoms with E-state index in [1.54, 1.807) is 29.2 Å². The number of aliphatic hydroxyl groups excluding tert-OH is 1. The summed E-state index contributed by atoms with van der Waals surface area (Å²) in [4.78, 5) is 11.6. The van der Waals surface area contributed by atoms with Gasteiger partial charge < -0.3 is 10.2 Å². The smallest absolute Gasteiger partial charge is 0.328 e. The Morgan fingerprint density at radius 3 is 3.06 bits per heavy atom. The highest BCUT2D eigenvalue weighted by Crippen LogP contribution is 2.23. The molecule has 0 atom stereocenters. The van der Waals surface area contributed by atoms with Crippen LogP contribution in [0.15, 0.2) is 17.5 Å². The van der Waals surface area contributed by atoms with Crippen molar-refractivity contribution in [2.75, 3.05) is 12.4 Å². The third-order valence-electron chi connectivity index (χ3n) is 1.87. The summed E-state index contributed by atoms with van der Waals surface area (Å²) in [6.07, 6.45) is 3.58. The van der Waals surface area contributed by atoms with Crippen LogP contribution >= 0.6 is 23.1 Å². The molecule has 1 heterocycles. The van der Waals surface area contributed by atoms with Crippen LogP contribution < -0.4 is 0 Å². The van der Waals surface area contributed by atoms with Gasteiger partial charge in [0.15, 0.2) is 0 Å². The van der Waals surface area contributed by atoms with Crippen molar-refractivity contribution in [1.82, 2.24) is 0 Å². The molecule has 0 aliphatic carbocycles. The van der Waals surface area contributed by atoms with Crippen molar-refractivity contribution in [3.8, 4) is 0 Å². The SMILES string of the molecule is O=C(O)C=Cc1ccsc1CSCCCO. The Morgan fingerprint density at radius 2 is 2.38 bits per heavy atom. The molecule has 0 fully saturated rings. The van der Waals surface area contributed by atoms with E-state index in [1.165, 1.54) is 4.88 Å². The highest BCUT2D eigenvalue weighted by atomic mass is 32.2. The number of carboxylic acids is 1. The highest BCUT2D eigenvalue weighted by molar-refractivity contribution is 7.98. The van der Waals surface area contributed by atoms with Crippen LogP contribution in [0.5, 0.6) is 0 Å². The second-order valence-corrected chi connectivity index (χ2v) is 5.21. The van der Waals surface area contributed by atoms with Crippen LogP contribution in [0.1, 0.15) is 16.9 Å². The summed E-state index contributed by atoms with van der Waals surface area (Å²) in [5.41, 5.74) is 0.976. The fourth-order valence-electron chi connectivity index (χ4n) is 1.11. The number of aliphatic hydroxyl groups is 1. The molecule has 0 bridgehead atoms. The largest absolute Gasteiger partial charge is 0.478 e. The Morgan fingerprint density at radius 1 is 1.56 bits per heavy atom. The molecule has 1 rings (SSSR count). The predicted molar refractivity (Wildman–Crippen MR) is 68.9 cm³/mol. The van der Waals surface area contributed by atoms with E-state index in [0.29, 0.717) is 0 Å². The first-order valence-corrected chi connectivity index (χ1v) is 6.93. The van der Waals surface area contributed by atoms with Crippen molar-refractivity contribution < 1.29 is 15.0 Å². The van der Waals surface area contributed by atoms with Crippen LogP contribution in [0.3, 0.4) is 0 Å². The fraction of sp³-hybridized carbons (Fsp3) is 0.364. The third-order valence-corrected chi connectivity index (χ3v) is 4.05. The van der Waals surface area contributed by atoms with E-state index < -0.39 is 5.97 Å². The fourth-order valence-corrected chi connectivity index (χ4v) is 3.11. The van der Waals surface area contributed by atoms with Gasteiger partial charge in [-0.15, -0.1) is 11.3 Å². The number of aliphatic carboxylic acids is 1. The van der Waals surface area contributed by atoms with Crippen molar-refractivity contribution >= 4 is 35.1 Å². The van der Waals surface area contributed by atoms with Crippen LogP contribution in [0, 0.1) is 0 Å². The van der Waals surface area contributed by atoms with Gasteiger partial charge in [0.25, 0.3) is 0 Å². The minimum absolute atomic E-state index is 0.225. The normalized spacial score (nSPS) is 11.1. The van der Waals surface area contributed by atoms with Gasteiger partial charge >= 0.3 is 5.97 Å². The van der Waals surface area contributed by atoms with E-state index >= 15 is 0 Å². The predicted octanol–water partition coefficient (Wildman–Crippen LogP) is 2.46. The van der Waals surface area contributed by atoms with Crippen LogP contribution in [0.2, 0.25) is 0 Å². The number of carbonyl (C=O) groups is 1. The zero-order valence-corrected chi connectivity index (χ0v) is 10.4. The molecule has 3 nitrogen and oxygen atoms in total. The molecule has 0 saturated heterocycles. The van der Waals surface area contributed by atoms with Gasteiger partial charge in [-0.1, -0.05) is 0 Å². The van der Waals surface area contributed by atoms with Crippen LogP contribution in [-0.4, -0.2) is 28.5 Å². The number of hydrogen-bond donors (Lipinski definition) is 2. The Bertz CT molecular complexity index is 358. The van der Waals surface area contributed by atoms with Gasteiger partial charge in [-0.2, -0.15) is 11.8 Å². The molecular weight excluding hydrogens is 244 g/mol. The quantitative estimate of drug-likeness (QED) is 0.582. The Hall–Kier alpha value is -0.780. The van der Waals surface area contributed by atoms with E-state index in [9.17, 15) is 4.79 Å². The lowest BCUT2D eigenvalue weighted by atomic mass is 10.2. The first kappa shape index (κ1) is 13.3. The number of thiophene rings is 1. The first-order valence-electron chi connectivity index (χ1n) is 4.90. The lowest BCUT2D eigenvalue weighted by Crippen LogP contribution is -1.88. The van der Waals surface area contributed by atoms with Crippen molar-refractivity contribution in [2.45, 2.75) is 12.2 Å². The summed E-state index contributed by atoms with van der Waals surface area (Å²) in [7, 11) is 0. The van der Waals surface area contributed by atoms with E-state index in [2.05, 4.69) is 0 Å². The van der Waals surface area contributed by atoms with Gasteiger partial charge in [0.1, 0.15) is 0 Å². The molecular formula is C11H14O3S2. The standard InChI is InChI=1S/C11H14O3S2/c12-5-1-6-15-8-10-9(4-7-16-10)2-3-11(13)14/h2-4,7,12H,1,5-6,8H2,(H,13,14). The van der Waals surface area contributed by atoms with Crippen molar-refractivity contribution in [3.63, 3.8) is 0 Å². The minimum atomic E-state index is -0.926. The number of hydrogen-bond acceptors (Lipinski definition) is 4. The second-order valence-electron chi connectivity index (χ2n) is 3.10. The topological polar surface area (TPSA) is 57.5 Å². The summed E-state index contributed by atoms with van der Waals surface area (Å²) in [6, 6.07) is 1.92. The van der Waals surface area contributed by atoms with E-state index in [-0.39, 0.29) is 6.61 Å². The molecule has 0 saturated carbocycles. The number of carboxylic acid groups (broad SMARTS) is 1. The van der Waals surface area contributed by atoms with Gasteiger partial charge in [-0.25, -0.2) is 4.79 Å². The van der Waals surface area contributed by atoms with Gasteiger partial charge in [0.05, 0.1) is 0 Å². The molecule has 0 aromatic carbocycles. The summed E-state index contributed by atoms with van der Waals surface area (Å²) >= 11 is 3.38. The molecule has 88 valence electrons. The van der Waals surface area contributed by atoms with E-state index in [0.717, 1.165) is 29.6 Å². The van der Waals surface area contributed by atoms with Gasteiger partial charge in [0, 0.05) is 23.3 Å². The third kappa shape index (κ3) is 4.83. The van der Waals surface area contributed by atoms with E-state index in [1.807, 2.05) is 11.4 Å². The molecule has 0 amide bonds. The lowest BCUT2D eigenvalue weighted by molar-refractivity contribution is -0.131. The van der Waals surface area contributed by atoms with Gasteiger partial charge in [-0.05, 0) is 35.3 Å². The van der Waals surface area contributed by atoms with Crippen LogP contribution in [0.4, 0.5) is 0 Å². The molecule has 1 aromatic rings. The van der Waals surface area contributed by atoms with Crippen molar-refractivity contribution in [2.24, 2.45) is 0 Å². The second kappa shape index (κ2) is 7.49. The molecule has 2 N–H and O–H groups in total. The van der Waals surface area contributed by atoms with Crippen LogP contribution in [0.25, 0.3) is 6.08 Å². The van der Waals surface area contributed by atoms with Gasteiger partial charge in [-0.3, -0.25) is 0 Å². The summed E-state index contributed by atoms with van der Waals surface area (Å²) < 4.78 is 0. The maximum atomic E-state index is 10.4. The Balaban J connectivity index is 2.47. The highest BCUT2D eigenvalue weighted by Gasteiger charge is 2.02. The minimum Gasteiger partial charge on any atom is -0.478 e. The Kier molecular flexibility index (Phi) is 6.22. The van der Waals surface area contributed by atoms with Gasteiger partial charge in [0.2, 0.25) is 0 Å². The maximum absolute atomic E-state index is 10.4. The molecule has 0 unspecified atom stereocenters. The number of thioether (sulfide) groups is 1. The van der Waals surface area contributed by atoms with Crippen molar-refractivity contribution in [3.05, 3.63) is 28.0 Å². The summed E-state index contributed by atoms with van der Waals surface area (Å²) in [5, 5.41) is 19.1. The van der Waals surface area contributed by atoms with Crippen molar-refractivity contribution in [1.29, 1.82) is 0 Å². The van der Waals surface area contributed by atoms with Crippen LogP contribution in [-0.2, 0) is 10.5 Å². The first-order chi connectivity index (χ1) is 7.74.